The van der Waals surface area contributed by atoms with Crippen molar-refractivity contribution < 1.29 is 18.7 Å². The van der Waals surface area contributed by atoms with E-state index in [2.05, 4.69) is 15.2 Å². The molecular formula is C15H15ClFN3O3. The minimum Gasteiger partial charge on any atom is -0.467 e. The van der Waals surface area contributed by atoms with Crippen molar-refractivity contribution in [3.8, 4) is 0 Å². The van der Waals surface area contributed by atoms with E-state index < -0.39 is 23.7 Å². The van der Waals surface area contributed by atoms with E-state index in [0.717, 1.165) is 6.07 Å². The highest BCUT2D eigenvalue weighted by molar-refractivity contribution is 6.30. The molecule has 6 nitrogen and oxygen atoms in total. The van der Waals surface area contributed by atoms with E-state index in [1.807, 2.05) is 0 Å². The molecule has 0 aliphatic carbocycles. The summed E-state index contributed by atoms with van der Waals surface area (Å²) in [6.07, 6.45) is 1.69. The Morgan fingerprint density at radius 3 is 2.74 bits per heavy atom. The van der Waals surface area contributed by atoms with E-state index >= 15 is 0 Å². The summed E-state index contributed by atoms with van der Waals surface area (Å²) < 4.78 is 19.8. The average molecular weight is 340 g/mol. The van der Waals surface area contributed by atoms with Crippen LogP contribution in [0.3, 0.4) is 0 Å². The number of esters is 1. The van der Waals surface area contributed by atoms with Crippen molar-refractivity contribution in [2.75, 3.05) is 7.11 Å². The summed E-state index contributed by atoms with van der Waals surface area (Å²) in [6, 6.07) is 4.42. The highest BCUT2D eigenvalue weighted by Crippen LogP contribution is 2.21. The average Bonchev–Trinajstić information content (AvgIpc) is 2.92. The number of benzene rings is 1. The number of hydrogen-bond acceptors (Lipinski definition) is 4. The van der Waals surface area contributed by atoms with Gasteiger partial charge in [-0.25, -0.2) is 9.18 Å². The summed E-state index contributed by atoms with van der Waals surface area (Å²) in [7, 11) is 2.92. The van der Waals surface area contributed by atoms with Crippen LogP contribution in [0.5, 0.6) is 0 Å². The Morgan fingerprint density at radius 1 is 1.43 bits per heavy atom. The van der Waals surface area contributed by atoms with E-state index in [0.29, 0.717) is 5.69 Å². The number of halogens is 2. The Kier molecular flexibility index (Phi) is 5.33. The molecule has 0 radical (unpaired) electrons. The number of carbonyl (C=O) groups is 2. The number of methoxy groups -OCH3 is 1. The molecule has 0 aliphatic rings. The van der Waals surface area contributed by atoms with E-state index in [1.165, 1.54) is 19.2 Å². The minimum atomic E-state index is -1.12. The Bertz CT molecular complexity index is 733. The molecule has 1 amide bonds. The van der Waals surface area contributed by atoms with Crippen LogP contribution in [0, 0.1) is 5.82 Å². The van der Waals surface area contributed by atoms with Gasteiger partial charge in [-0.1, -0.05) is 17.7 Å². The first-order chi connectivity index (χ1) is 10.9. The van der Waals surface area contributed by atoms with E-state index in [1.54, 1.807) is 24.0 Å². The van der Waals surface area contributed by atoms with Crippen LogP contribution in [0.25, 0.3) is 0 Å². The normalized spacial score (nSPS) is 11.8. The summed E-state index contributed by atoms with van der Waals surface area (Å²) in [6.45, 7) is 0. The molecule has 2 aromatic rings. The number of nitrogens with one attached hydrogen (secondary N) is 1. The number of carbonyl (C=O) groups excluding carboxylic acids is 2. The molecule has 23 heavy (non-hydrogen) atoms. The molecule has 1 aromatic heterocycles. The van der Waals surface area contributed by atoms with Crippen LogP contribution in [-0.2, 0) is 27.8 Å². The Labute approximate surface area is 137 Å². The zero-order valence-corrected chi connectivity index (χ0v) is 13.3. The maximum Gasteiger partial charge on any atom is 0.333 e. The van der Waals surface area contributed by atoms with Gasteiger partial charge >= 0.3 is 5.97 Å². The highest BCUT2D eigenvalue weighted by atomic mass is 35.5. The first-order valence-electron chi connectivity index (χ1n) is 6.71. The molecule has 0 aliphatic heterocycles. The summed E-state index contributed by atoms with van der Waals surface area (Å²) in [5.41, 5.74) is 0.795. The summed E-state index contributed by atoms with van der Waals surface area (Å²) in [5.74, 6) is -1.83. The second-order valence-corrected chi connectivity index (χ2v) is 5.26. The highest BCUT2D eigenvalue weighted by Gasteiger charge is 2.24. The van der Waals surface area contributed by atoms with Gasteiger partial charge in [0, 0.05) is 13.2 Å². The third kappa shape index (κ3) is 4.29. The van der Waals surface area contributed by atoms with Crippen molar-refractivity contribution in [2.24, 2.45) is 7.05 Å². The number of amides is 1. The summed E-state index contributed by atoms with van der Waals surface area (Å²) in [4.78, 5) is 24.0. The predicted octanol–water partition coefficient (Wildman–Crippen LogP) is 1.79. The Hall–Kier alpha value is -2.41. The van der Waals surface area contributed by atoms with Crippen LogP contribution < -0.4 is 5.32 Å². The molecule has 122 valence electrons. The Balaban J connectivity index is 2.16. The molecule has 0 fully saturated rings. The molecule has 0 saturated carbocycles. The van der Waals surface area contributed by atoms with Gasteiger partial charge in [0.25, 0.3) is 0 Å². The quantitative estimate of drug-likeness (QED) is 0.843. The number of hydrogen-bond donors (Lipinski definition) is 1. The van der Waals surface area contributed by atoms with Gasteiger partial charge in [-0.15, -0.1) is 0 Å². The number of nitrogens with zero attached hydrogens (tertiary/aromatic N) is 2. The van der Waals surface area contributed by atoms with Crippen molar-refractivity contribution in [1.29, 1.82) is 0 Å². The largest absolute Gasteiger partial charge is 0.467 e. The molecule has 1 atom stereocenters. The smallest absolute Gasteiger partial charge is 0.333 e. The fraction of sp³-hybridized carbons (Fsp3) is 0.267. The summed E-state index contributed by atoms with van der Waals surface area (Å²) >= 11 is 5.63. The standard InChI is InChI=1S/C15H15ClFN3O3/c1-20-6-5-10(19-20)8-13(21)18-14(15(22)23-2)9-3-4-11(16)12(17)7-9/h3-7,14H,8H2,1-2H3,(H,18,21). The number of ether oxygens (including phenoxy) is 1. The fourth-order valence-corrected chi connectivity index (χ4v) is 2.14. The first kappa shape index (κ1) is 17.0. The van der Waals surface area contributed by atoms with Gasteiger partial charge in [0.05, 0.1) is 24.2 Å². The second kappa shape index (κ2) is 7.23. The van der Waals surface area contributed by atoms with Crippen LogP contribution in [0.4, 0.5) is 4.39 Å². The molecule has 1 aromatic carbocycles. The molecule has 1 N–H and O–H groups in total. The third-order valence-corrected chi connectivity index (χ3v) is 3.44. The van der Waals surface area contributed by atoms with Crippen molar-refractivity contribution in [2.45, 2.75) is 12.5 Å². The lowest BCUT2D eigenvalue weighted by Crippen LogP contribution is -2.35. The molecule has 0 spiro atoms. The van der Waals surface area contributed by atoms with Crippen molar-refractivity contribution >= 4 is 23.5 Å². The van der Waals surface area contributed by atoms with E-state index in [-0.39, 0.29) is 17.0 Å². The van der Waals surface area contributed by atoms with Gasteiger partial charge in [-0.3, -0.25) is 9.48 Å². The second-order valence-electron chi connectivity index (χ2n) is 4.85. The molecule has 8 heteroatoms. The molecular weight excluding hydrogens is 325 g/mol. The van der Waals surface area contributed by atoms with Gasteiger partial charge in [-0.2, -0.15) is 5.10 Å². The van der Waals surface area contributed by atoms with Crippen molar-refractivity contribution in [1.82, 2.24) is 15.1 Å². The van der Waals surface area contributed by atoms with Gasteiger partial charge in [0.15, 0.2) is 6.04 Å². The SMILES string of the molecule is COC(=O)C(NC(=O)Cc1ccn(C)n1)c1ccc(Cl)c(F)c1. The van der Waals surface area contributed by atoms with Crippen LogP contribution in [0.15, 0.2) is 30.5 Å². The van der Waals surface area contributed by atoms with Crippen molar-refractivity contribution in [3.05, 3.63) is 52.6 Å². The van der Waals surface area contributed by atoms with Gasteiger partial charge in [0.1, 0.15) is 5.82 Å². The maximum atomic E-state index is 13.6. The molecule has 1 heterocycles. The fourth-order valence-electron chi connectivity index (χ4n) is 2.02. The van der Waals surface area contributed by atoms with E-state index in [9.17, 15) is 14.0 Å². The zero-order valence-electron chi connectivity index (χ0n) is 12.5. The third-order valence-electron chi connectivity index (χ3n) is 3.13. The Morgan fingerprint density at radius 2 is 2.17 bits per heavy atom. The minimum absolute atomic E-state index is 0.00952. The molecule has 0 bridgehead atoms. The predicted molar refractivity (Wildman–Crippen MR) is 81.2 cm³/mol. The number of aryl methyl sites for hydroxylation is 1. The van der Waals surface area contributed by atoms with Crippen LogP contribution in [-0.4, -0.2) is 28.8 Å². The number of rotatable bonds is 5. The van der Waals surface area contributed by atoms with Crippen LogP contribution in [0.1, 0.15) is 17.3 Å². The molecule has 0 saturated heterocycles. The van der Waals surface area contributed by atoms with Gasteiger partial charge in [-0.05, 0) is 23.8 Å². The summed E-state index contributed by atoms with van der Waals surface area (Å²) in [5, 5.41) is 6.53. The monoisotopic (exact) mass is 339 g/mol. The lowest BCUT2D eigenvalue weighted by molar-refractivity contribution is -0.145. The van der Waals surface area contributed by atoms with Gasteiger partial charge < -0.3 is 10.1 Å². The molecule has 1 unspecified atom stereocenters. The zero-order chi connectivity index (χ0) is 17.0. The topological polar surface area (TPSA) is 73.2 Å². The first-order valence-corrected chi connectivity index (χ1v) is 7.09. The van der Waals surface area contributed by atoms with Crippen LogP contribution >= 0.6 is 11.6 Å². The van der Waals surface area contributed by atoms with Crippen LogP contribution in [0.2, 0.25) is 5.02 Å². The lowest BCUT2D eigenvalue weighted by Gasteiger charge is -2.17. The lowest BCUT2D eigenvalue weighted by atomic mass is 10.1. The van der Waals surface area contributed by atoms with Crippen molar-refractivity contribution in [3.63, 3.8) is 0 Å². The van der Waals surface area contributed by atoms with E-state index in [4.69, 9.17) is 11.6 Å². The molecule has 2 rings (SSSR count). The maximum absolute atomic E-state index is 13.6. The number of aromatic nitrogens is 2. The van der Waals surface area contributed by atoms with Gasteiger partial charge in [0.2, 0.25) is 5.91 Å².